The van der Waals surface area contributed by atoms with E-state index in [1.165, 1.54) is 0 Å². The summed E-state index contributed by atoms with van der Waals surface area (Å²) < 4.78 is 1.68. The molecule has 1 N–H and O–H groups in total. The number of rotatable bonds is 6. The number of allylic oxidation sites excluding steroid dienone is 1. The Balaban J connectivity index is 2.45. The van der Waals surface area contributed by atoms with E-state index in [2.05, 4.69) is 11.6 Å². The van der Waals surface area contributed by atoms with Crippen LogP contribution in [-0.2, 0) is 0 Å². The van der Waals surface area contributed by atoms with E-state index >= 15 is 0 Å². The number of hydrogen-bond donors (Lipinski definition) is 1. The fourth-order valence-electron chi connectivity index (χ4n) is 2.44. The fourth-order valence-corrected chi connectivity index (χ4v) is 2.44. The highest BCUT2D eigenvalue weighted by Crippen LogP contribution is 2.20. The number of carbonyl (C=O) groups is 1. The van der Waals surface area contributed by atoms with Gasteiger partial charge < -0.3 is 4.98 Å². The van der Waals surface area contributed by atoms with Gasteiger partial charge in [0.05, 0.1) is 11.0 Å². The van der Waals surface area contributed by atoms with Gasteiger partial charge in [-0.05, 0) is 38.8 Å². The lowest BCUT2D eigenvalue weighted by Crippen LogP contribution is -2.18. The SMILES string of the molecule is C=CCCCC(=O)c1cccc2c1[nH]c(=O)n2C(C)C. The molecule has 4 heteroatoms. The summed E-state index contributed by atoms with van der Waals surface area (Å²) in [5, 5.41) is 0. The molecule has 0 fully saturated rings. The topological polar surface area (TPSA) is 54.9 Å². The lowest BCUT2D eigenvalue weighted by atomic mass is 10.0. The van der Waals surface area contributed by atoms with Gasteiger partial charge in [-0.25, -0.2) is 4.79 Å². The molecule has 0 unspecified atom stereocenters. The van der Waals surface area contributed by atoms with Crippen molar-refractivity contribution in [1.82, 2.24) is 9.55 Å². The van der Waals surface area contributed by atoms with Crippen molar-refractivity contribution >= 4 is 16.8 Å². The third kappa shape index (κ3) is 2.59. The number of nitrogens with zero attached hydrogens (tertiary/aromatic N) is 1. The summed E-state index contributed by atoms with van der Waals surface area (Å²) in [6.07, 6.45) is 3.89. The number of carbonyl (C=O) groups excluding carboxylic acids is 1. The number of benzene rings is 1. The Morgan fingerprint density at radius 2 is 2.20 bits per heavy atom. The first-order chi connectivity index (χ1) is 9.56. The zero-order chi connectivity index (χ0) is 14.7. The molecule has 4 nitrogen and oxygen atoms in total. The molecule has 2 rings (SSSR count). The minimum atomic E-state index is -0.165. The summed E-state index contributed by atoms with van der Waals surface area (Å²) in [6.45, 7) is 7.56. The first-order valence-electron chi connectivity index (χ1n) is 6.93. The molecule has 20 heavy (non-hydrogen) atoms. The Hall–Kier alpha value is -2.10. The Bertz CT molecular complexity index is 692. The number of aromatic nitrogens is 2. The van der Waals surface area contributed by atoms with Gasteiger partial charge in [-0.15, -0.1) is 6.58 Å². The van der Waals surface area contributed by atoms with E-state index in [1.54, 1.807) is 10.6 Å². The summed E-state index contributed by atoms with van der Waals surface area (Å²) in [5.74, 6) is 0.0645. The Kier molecular flexibility index (Phi) is 4.23. The number of Topliss-reactive ketones (excluding diaryl/α,β-unsaturated/α-hetero) is 1. The predicted molar refractivity (Wildman–Crippen MR) is 81.3 cm³/mol. The molecule has 0 aliphatic carbocycles. The van der Waals surface area contributed by atoms with Crippen molar-refractivity contribution in [3.05, 3.63) is 46.9 Å². The van der Waals surface area contributed by atoms with Crippen LogP contribution in [0.5, 0.6) is 0 Å². The smallest absolute Gasteiger partial charge is 0.305 e. The Morgan fingerprint density at radius 3 is 2.85 bits per heavy atom. The summed E-state index contributed by atoms with van der Waals surface area (Å²) in [5.41, 5.74) is 1.87. The third-order valence-corrected chi connectivity index (χ3v) is 3.38. The maximum Gasteiger partial charge on any atom is 0.326 e. The van der Waals surface area contributed by atoms with Crippen molar-refractivity contribution < 1.29 is 4.79 Å². The Morgan fingerprint density at radius 1 is 1.45 bits per heavy atom. The summed E-state index contributed by atoms with van der Waals surface area (Å²) in [7, 11) is 0. The molecule has 0 atom stereocenters. The van der Waals surface area contributed by atoms with Crippen LogP contribution < -0.4 is 5.69 Å². The number of para-hydroxylation sites is 1. The van der Waals surface area contributed by atoms with E-state index in [0.717, 1.165) is 18.4 Å². The summed E-state index contributed by atoms with van der Waals surface area (Å²) in [6, 6.07) is 5.53. The number of hydrogen-bond acceptors (Lipinski definition) is 2. The fraction of sp³-hybridized carbons (Fsp3) is 0.375. The molecular weight excluding hydrogens is 252 g/mol. The highest BCUT2D eigenvalue weighted by Gasteiger charge is 2.15. The molecule has 1 heterocycles. The number of ketones is 1. The van der Waals surface area contributed by atoms with Crippen LogP contribution in [0, 0.1) is 0 Å². The molecule has 0 saturated carbocycles. The van der Waals surface area contributed by atoms with Gasteiger partial charge in [-0.1, -0.05) is 12.1 Å². The molecule has 1 aromatic heterocycles. The Labute approximate surface area is 118 Å². The van der Waals surface area contributed by atoms with E-state index in [0.29, 0.717) is 17.5 Å². The van der Waals surface area contributed by atoms with E-state index in [1.807, 2.05) is 32.1 Å². The molecule has 2 aromatic rings. The molecular formula is C16H20N2O2. The van der Waals surface area contributed by atoms with Crippen LogP contribution in [0.2, 0.25) is 0 Å². The van der Waals surface area contributed by atoms with Crippen LogP contribution in [0.15, 0.2) is 35.6 Å². The minimum Gasteiger partial charge on any atom is -0.305 e. The lowest BCUT2D eigenvalue weighted by molar-refractivity contribution is 0.0982. The lowest BCUT2D eigenvalue weighted by Gasteiger charge is -2.07. The number of fused-ring (bicyclic) bond motifs is 1. The van der Waals surface area contributed by atoms with Gasteiger partial charge in [-0.2, -0.15) is 0 Å². The zero-order valence-electron chi connectivity index (χ0n) is 12.0. The average molecular weight is 272 g/mol. The predicted octanol–water partition coefficient (Wildman–Crippen LogP) is 3.45. The monoisotopic (exact) mass is 272 g/mol. The molecule has 1 aromatic carbocycles. The van der Waals surface area contributed by atoms with Gasteiger partial charge in [0, 0.05) is 18.0 Å². The van der Waals surface area contributed by atoms with Crippen LogP contribution >= 0.6 is 0 Å². The van der Waals surface area contributed by atoms with Crippen molar-refractivity contribution in [3.63, 3.8) is 0 Å². The number of imidazole rings is 1. The molecule has 0 aliphatic rings. The normalized spacial score (nSPS) is 11.2. The molecule has 0 radical (unpaired) electrons. The molecule has 0 amide bonds. The van der Waals surface area contributed by atoms with Gasteiger partial charge in [0.25, 0.3) is 0 Å². The second-order valence-electron chi connectivity index (χ2n) is 5.20. The van der Waals surface area contributed by atoms with Crippen LogP contribution in [0.1, 0.15) is 49.5 Å². The quantitative estimate of drug-likeness (QED) is 0.497. The highest BCUT2D eigenvalue weighted by atomic mass is 16.1. The molecule has 106 valence electrons. The van der Waals surface area contributed by atoms with Crippen molar-refractivity contribution in [3.8, 4) is 0 Å². The summed E-state index contributed by atoms with van der Waals surface area (Å²) >= 11 is 0. The first kappa shape index (κ1) is 14.3. The highest BCUT2D eigenvalue weighted by molar-refractivity contribution is 6.06. The molecule has 0 spiro atoms. The number of aromatic amines is 1. The molecule has 0 aliphatic heterocycles. The zero-order valence-corrected chi connectivity index (χ0v) is 12.0. The van der Waals surface area contributed by atoms with Crippen molar-refractivity contribution in [2.45, 2.75) is 39.2 Å². The summed E-state index contributed by atoms with van der Waals surface area (Å²) in [4.78, 5) is 27.1. The van der Waals surface area contributed by atoms with Gasteiger partial charge >= 0.3 is 5.69 Å². The first-order valence-corrected chi connectivity index (χ1v) is 6.93. The van der Waals surface area contributed by atoms with Crippen LogP contribution in [0.3, 0.4) is 0 Å². The van der Waals surface area contributed by atoms with Crippen LogP contribution in [0.25, 0.3) is 11.0 Å². The number of H-pyrrole nitrogens is 1. The van der Waals surface area contributed by atoms with E-state index < -0.39 is 0 Å². The van der Waals surface area contributed by atoms with Crippen LogP contribution in [0.4, 0.5) is 0 Å². The molecule has 0 bridgehead atoms. The van der Waals surface area contributed by atoms with E-state index in [9.17, 15) is 9.59 Å². The number of unbranched alkanes of at least 4 members (excludes halogenated alkanes) is 1. The van der Waals surface area contributed by atoms with Gasteiger partial charge in [0.1, 0.15) is 0 Å². The minimum absolute atomic E-state index is 0.0577. The van der Waals surface area contributed by atoms with E-state index in [-0.39, 0.29) is 17.5 Å². The second kappa shape index (κ2) is 5.90. The maximum absolute atomic E-state index is 12.3. The molecule has 0 saturated heterocycles. The van der Waals surface area contributed by atoms with Crippen molar-refractivity contribution in [2.24, 2.45) is 0 Å². The standard InChI is InChI=1S/C16H20N2O2/c1-4-5-6-10-14(19)12-8-7-9-13-15(12)17-16(20)18(13)11(2)3/h4,7-9,11H,1,5-6,10H2,2-3H3,(H,17,20). The van der Waals surface area contributed by atoms with Gasteiger partial charge in [-0.3, -0.25) is 9.36 Å². The largest absolute Gasteiger partial charge is 0.326 e. The maximum atomic E-state index is 12.3. The average Bonchev–Trinajstić information content (AvgIpc) is 2.74. The van der Waals surface area contributed by atoms with Gasteiger partial charge in [0.2, 0.25) is 0 Å². The second-order valence-corrected chi connectivity index (χ2v) is 5.20. The van der Waals surface area contributed by atoms with Gasteiger partial charge in [0.15, 0.2) is 5.78 Å². The van der Waals surface area contributed by atoms with Crippen molar-refractivity contribution in [1.29, 1.82) is 0 Å². The van der Waals surface area contributed by atoms with E-state index in [4.69, 9.17) is 0 Å². The van der Waals surface area contributed by atoms with Crippen molar-refractivity contribution in [2.75, 3.05) is 0 Å². The third-order valence-electron chi connectivity index (χ3n) is 3.38. The van der Waals surface area contributed by atoms with Crippen LogP contribution in [-0.4, -0.2) is 15.3 Å². The number of nitrogens with one attached hydrogen (secondary N) is 1.